The summed E-state index contributed by atoms with van der Waals surface area (Å²) in [5, 5.41) is 3.35. The normalized spacial score (nSPS) is 19.2. The zero-order valence-electron chi connectivity index (χ0n) is 27.5. The van der Waals surface area contributed by atoms with Gasteiger partial charge in [-0.3, -0.25) is 14.9 Å². The van der Waals surface area contributed by atoms with Gasteiger partial charge in [0.05, 0.1) is 10.7 Å². The first-order chi connectivity index (χ1) is 24.8. The van der Waals surface area contributed by atoms with E-state index in [1.807, 2.05) is 60.7 Å². The summed E-state index contributed by atoms with van der Waals surface area (Å²) >= 11 is 12.6. The molecule has 8 rings (SSSR count). The number of benzene rings is 5. The van der Waals surface area contributed by atoms with E-state index in [2.05, 4.69) is 34.5 Å². The summed E-state index contributed by atoms with van der Waals surface area (Å²) in [5.74, 6) is -0.870. The van der Waals surface area contributed by atoms with Crippen molar-refractivity contribution in [2.75, 3.05) is 22.9 Å². The first-order valence-electron chi connectivity index (χ1n) is 16.9. The van der Waals surface area contributed by atoms with Crippen molar-refractivity contribution in [1.82, 2.24) is 5.32 Å². The van der Waals surface area contributed by atoms with Crippen molar-refractivity contribution in [3.8, 4) is 5.75 Å². The summed E-state index contributed by atoms with van der Waals surface area (Å²) in [5.41, 5.74) is 7.37. The summed E-state index contributed by atoms with van der Waals surface area (Å²) in [7, 11) is 0. The summed E-state index contributed by atoms with van der Waals surface area (Å²) < 4.78 is 5.90. The van der Waals surface area contributed by atoms with E-state index in [9.17, 15) is 14.4 Å². The Labute approximate surface area is 306 Å². The number of nitrogens with zero attached hydrogens (tertiary/aromatic N) is 2. The van der Waals surface area contributed by atoms with Gasteiger partial charge in [-0.05, 0) is 88.7 Å². The van der Waals surface area contributed by atoms with Crippen molar-refractivity contribution in [3.05, 3.63) is 164 Å². The van der Waals surface area contributed by atoms with Gasteiger partial charge in [0, 0.05) is 35.6 Å². The van der Waals surface area contributed by atoms with Gasteiger partial charge < -0.3 is 9.64 Å². The number of carbonyl (C=O) groups excluding carboxylic acids is 3. The van der Waals surface area contributed by atoms with Crippen LogP contribution in [0, 0.1) is 0 Å². The lowest BCUT2D eigenvalue weighted by Gasteiger charge is -2.44. The average Bonchev–Trinajstić information content (AvgIpc) is 3.14. The number of ether oxygens (including phenoxy) is 1. The van der Waals surface area contributed by atoms with E-state index in [0.717, 1.165) is 47.5 Å². The van der Waals surface area contributed by atoms with Gasteiger partial charge in [0.2, 0.25) is 0 Å². The number of urea groups is 1. The molecule has 51 heavy (non-hydrogen) atoms. The van der Waals surface area contributed by atoms with Gasteiger partial charge in [0.15, 0.2) is 0 Å². The molecule has 3 aliphatic rings. The van der Waals surface area contributed by atoms with E-state index in [1.54, 1.807) is 30.3 Å². The molecule has 0 radical (unpaired) electrons. The van der Waals surface area contributed by atoms with Gasteiger partial charge in [-0.25, -0.2) is 9.69 Å². The molecule has 2 atom stereocenters. The van der Waals surface area contributed by atoms with Crippen molar-refractivity contribution < 1.29 is 19.1 Å². The maximum atomic E-state index is 14.2. The summed E-state index contributed by atoms with van der Waals surface area (Å²) in [6, 6.07) is 36.2. The minimum atomic E-state index is -0.783. The van der Waals surface area contributed by atoms with E-state index >= 15 is 0 Å². The Bertz CT molecular complexity index is 2120. The highest BCUT2D eigenvalue weighted by Crippen LogP contribution is 2.50. The molecule has 0 aromatic heterocycles. The lowest BCUT2D eigenvalue weighted by molar-refractivity contribution is -0.122. The maximum absolute atomic E-state index is 14.2. The fourth-order valence-electron chi connectivity index (χ4n) is 7.49. The van der Waals surface area contributed by atoms with Gasteiger partial charge >= 0.3 is 6.03 Å². The lowest BCUT2D eigenvalue weighted by Crippen LogP contribution is -2.54. The highest BCUT2D eigenvalue weighted by molar-refractivity contribution is 6.39. The Morgan fingerprint density at radius 2 is 1.35 bits per heavy atom. The number of halogens is 2. The van der Waals surface area contributed by atoms with Crippen molar-refractivity contribution in [2.45, 2.75) is 31.3 Å². The molecule has 0 saturated carbocycles. The molecular formula is C42H33Cl2N3O4. The molecule has 3 aliphatic heterocycles. The standard InChI is InChI=1S/C42H33Cl2N3O4/c43-30-14-11-26(12-15-30)25-51-38-16-13-27(22-37(38)44)21-36-40(48)45-42(50)47(41(36)49)31-23-34-32(28-7-3-1-4-8-28)17-19-46-20-18-33(35(24-31)39(34)46)29-9-5-2-6-10-29/h1-16,21-24,32-33H,17-20,25H2,(H,45,48,50)/b36-21+/t32-,33-/m1/s1. The van der Waals surface area contributed by atoms with Gasteiger partial charge in [0.1, 0.15) is 17.9 Å². The molecule has 1 N–H and O–H groups in total. The third-order valence-corrected chi connectivity index (χ3v) is 10.5. The molecule has 0 bridgehead atoms. The predicted molar refractivity (Wildman–Crippen MR) is 201 cm³/mol. The number of amides is 4. The fourth-order valence-corrected chi connectivity index (χ4v) is 7.86. The van der Waals surface area contributed by atoms with Crippen LogP contribution in [0.4, 0.5) is 16.2 Å². The first-order valence-corrected chi connectivity index (χ1v) is 17.7. The minimum Gasteiger partial charge on any atom is -0.487 e. The minimum absolute atomic E-state index is 0.0767. The molecule has 5 aromatic rings. The number of hydrogen-bond donors (Lipinski definition) is 1. The number of carbonyl (C=O) groups is 3. The van der Waals surface area contributed by atoms with Crippen molar-refractivity contribution in [3.63, 3.8) is 0 Å². The summed E-state index contributed by atoms with van der Waals surface area (Å²) in [6.45, 7) is 2.11. The maximum Gasteiger partial charge on any atom is 0.335 e. The molecule has 5 aromatic carbocycles. The number of anilines is 2. The second-order valence-corrected chi connectivity index (χ2v) is 13.9. The number of rotatable bonds is 7. The third-order valence-electron chi connectivity index (χ3n) is 9.93. The van der Waals surface area contributed by atoms with Crippen LogP contribution in [0.5, 0.6) is 5.75 Å². The van der Waals surface area contributed by atoms with Gasteiger partial charge in [-0.1, -0.05) is 102 Å². The molecule has 3 heterocycles. The van der Waals surface area contributed by atoms with E-state index in [0.29, 0.717) is 27.0 Å². The predicted octanol–water partition coefficient (Wildman–Crippen LogP) is 9.12. The van der Waals surface area contributed by atoms with Crippen LogP contribution in [0.1, 0.15) is 58.1 Å². The van der Waals surface area contributed by atoms with Crippen LogP contribution >= 0.6 is 23.2 Å². The van der Waals surface area contributed by atoms with Crippen molar-refractivity contribution in [1.29, 1.82) is 0 Å². The molecule has 9 heteroatoms. The topological polar surface area (TPSA) is 79.0 Å². The monoisotopic (exact) mass is 713 g/mol. The molecule has 1 saturated heterocycles. The van der Waals surface area contributed by atoms with Gasteiger partial charge in [0.25, 0.3) is 11.8 Å². The molecule has 7 nitrogen and oxygen atoms in total. The molecule has 0 aliphatic carbocycles. The van der Waals surface area contributed by atoms with Crippen LogP contribution in [0.25, 0.3) is 6.08 Å². The molecular weight excluding hydrogens is 681 g/mol. The third kappa shape index (κ3) is 6.39. The second-order valence-electron chi connectivity index (χ2n) is 13.0. The Morgan fingerprint density at radius 1 is 0.745 bits per heavy atom. The second kappa shape index (κ2) is 13.7. The number of hydrogen-bond acceptors (Lipinski definition) is 5. The fraction of sp³-hybridized carbons (Fsp3) is 0.167. The van der Waals surface area contributed by atoms with Gasteiger partial charge in [-0.15, -0.1) is 0 Å². The summed E-state index contributed by atoms with van der Waals surface area (Å²) in [4.78, 5) is 44.5. The molecule has 254 valence electrons. The zero-order valence-corrected chi connectivity index (χ0v) is 29.0. The van der Waals surface area contributed by atoms with E-state index in [-0.39, 0.29) is 24.0 Å². The van der Waals surface area contributed by atoms with Gasteiger partial charge in [-0.2, -0.15) is 0 Å². The van der Waals surface area contributed by atoms with Crippen LogP contribution in [-0.2, 0) is 16.2 Å². The number of barbiturate groups is 1. The number of imide groups is 2. The average molecular weight is 715 g/mol. The van der Waals surface area contributed by atoms with Crippen LogP contribution < -0.4 is 19.9 Å². The highest BCUT2D eigenvalue weighted by atomic mass is 35.5. The van der Waals surface area contributed by atoms with E-state index in [1.165, 1.54) is 22.9 Å². The van der Waals surface area contributed by atoms with Crippen LogP contribution in [0.2, 0.25) is 10.0 Å². The van der Waals surface area contributed by atoms with Crippen molar-refractivity contribution >= 4 is 58.5 Å². The molecule has 4 amide bonds. The summed E-state index contributed by atoms with van der Waals surface area (Å²) in [6.07, 6.45) is 3.26. The quantitative estimate of drug-likeness (QED) is 0.134. The highest BCUT2D eigenvalue weighted by Gasteiger charge is 2.40. The van der Waals surface area contributed by atoms with Crippen molar-refractivity contribution in [2.24, 2.45) is 0 Å². The zero-order chi connectivity index (χ0) is 35.1. The molecule has 1 fully saturated rings. The molecule has 0 spiro atoms. The Hall–Kier alpha value is -5.37. The largest absolute Gasteiger partial charge is 0.487 e. The Kier molecular flexibility index (Phi) is 8.84. The SMILES string of the molecule is O=C1NC(=O)N(c2cc3c4c(c2)[C@@H](c2ccccc2)CCN4CC[C@@H]3c2ccccc2)C(=O)/C1=C/c1ccc(OCc2ccc(Cl)cc2)c(Cl)c1. The van der Waals surface area contributed by atoms with Crippen LogP contribution in [0.3, 0.4) is 0 Å². The Balaban J connectivity index is 1.16. The van der Waals surface area contributed by atoms with Crippen LogP contribution in [-0.4, -0.2) is 30.9 Å². The van der Waals surface area contributed by atoms with E-state index < -0.39 is 17.8 Å². The smallest absolute Gasteiger partial charge is 0.335 e. The Morgan fingerprint density at radius 3 is 1.94 bits per heavy atom. The van der Waals surface area contributed by atoms with E-state index in [4.69, 9.17) is 27.9 Å². The van der Waals surface area contributed by atoms with Crippen LogP contribution in [0.15, 0.2) is 121 Å². The molecule has 0 unspecified atom stereocenters. The lowest BCUT2D eigenvalue weighted by atomic mass is 9.76. The first kappa shape index (κ1) is 32.8. The number of nitrogens with one attached hydrogen (secondary N) is 1.